The summed E-state index contributed by atoms with van der Waals surface area (Å²) in [6.07, 6.45) is 6.36. The molecule has 10 amide bonds. The number of carbonyl (C=O) groups excluding carboxylic acids is 10. The Labute approximate surface area is 495 Å². The van der Waals surface area contributed by atoms with Crippen LogP contribution in [0.25, 0.3) is 0 Å². The minimum Gasteiger partial charge on any atom is -0.347 e. The van der Waals surface area contributed by atoms with Crippen LogP contribution in [0.15, 0.2) is 48.5 Å². The minimum absolute atomic E-state index is 0.0161. The fourth-order valence-corrected chi connectivity index (χ4v) is 12.2. The van der Waals surface area contributed by atoms with Gasteiger partial charge in [0.25, 0.3) is 0 Å². The number of benzene rings is 2. The molecule has 2 saturated heterocycles. The predicted octanol–water partition coefficient (Wildman–Crippen LogP) is 1.77. The minimum atomic E-state index is -1.09. The maximum absolute atomic E-state index is 14.6. The summed E-state index contributed by atoms with van der Waals surface area (Å²) in [7, 11) is 3.30. The number of piperazine rings is 2. The molecule has 2 heterocycles. The van der Waals surface area contributed by atoms with E-state index >= 15 is 0 Å². The summed E-state index contributed by atoms with van der Waals surface area (Å²) >= 11 is 0. The number of amides is 10. The fourth-order valence-electron chi connectivity index (χ4n) is 12.2. The van der Waals surface area contributed by atoms with Crippen LogP contribution in [-0.2, 0) is 60.8 Å². The van der Waals surface area contributed by atoms with E-state index in [1.54, 1.807) is 27.9 Å². The van der Waals surface area contributed by atoms with Crippen LogP contribution in [0.1, 0.15) is 141 Å². The SMILES string of the molecule is CN[C@@H](C)C(=O)N[C@H](C(=O)N1CCN(C(=O)CNC(=O)C2CCC(C(=O)NCC(=O)N3CCN(C(=O)[C@@H](NC(=O)[C@H](C)NC)C(C)(C)C)[C@H](C(=O)N[C@@H]4CCCc5ccccc54)C3)CC2)C[C@H]1C(=O)N[C@@H]1CCCc2ccccc21)C(C)(C)C. The molecule has 22 nitrogen and oxygen atoms in total. The second-order valence-corrected chi connectivity index (χ2v) is 25.7. The van der Waals surface area contributed by atoms with Crippen molar-refractivity contribution in [3.05, 3.63) is 70.8 Å². The van der Waals surface area contributed by atoms with Gasteiger partial charge >= 0.3 is 0 Å². The fraction of sp³-hybridized carbons (Fsp3) is 0.645. The maximum atomic E-state index is 14.6. The van der Waals surface area contributed by atoms with E-state index in [1.807, 2.05) is 90.1 Å². The van der Waals surface area contributed by atoms with Gasteiger partial charge in [0.05, 0.1) is 50.3 Å². The van der Waals surface area contributed by atoms with Crippen LogP contribution >= 0.6 is 0 Å². The van der Waals surface area contributed by atoms with E-state index in [0.29, 0.717) is 38.5 Å². The molecule has 0 spiro atoms. The van der Waals surface area contributed by atoms with Crippen molar-refractivity contribution in [2.24, 2.45) is 22.7 Å². The van der Waals surface area contributed by atoms with Crippen LogP contribution in [0.5, 0.6) is 0 Å². The molecule has 84 heavy (non-hydrogen) atoms. The Bertz CT molecular complexity index is 2570. The number of nitrogens with zero attached hydrogens (tertiary/aromatic N) is 4. The highest BCUT2D eigenvalue weighted by molar-refractivity contribution is 5.96. The molecule has 22 heteroatoms. The van der Waals surface area contributed by atoms with E-state index in [0.717, 1.165) is 47.9 Å². The Kier molecular flexibility index (Phi) is 21.8. The Balaban J connectivity index is 0.933. The molecule has 3 aliphatic carbocycles. The molecule has 0 radical (unpaired) electrons. The molecular weight excluding hydrogens is 1070 g/mol. The quantitative estimate of drug-likeness (QED) is 0.106. The normalized spacial score (nSPS) is 23.2. The standard InChI is InChI=1S/C62H92N12O10/c1-37(63-9)53(77)69-51(61(3,4)5)59(83)73-31-29-71(35-47(73)57(81)67-45-23-15-19-39-17-11-13-21-43(39)45)49(75)33-65-55(79)41-25-27-42(28-26-41)56(80)66-34-50(76)72-30-32-74(60(84)52(62(6,7)8)70-54(78)38(2)64-10)48(36-72)58(82)68-46-24-16-20-40-18-12-14-22-44(40)46/h11-14,17-18,21-22,37-38,41-42,45-48,51-52,63-64H,15-16,19-20,23-36H2,1-10H3,(H,65,79)(H,66,80)(H,67,81)(H,68,82)(H,69,77)(H,70,78)/t37-,38-,41?,42?,45+,46+,47-,48-,51+,52+/m0/s1. The van der Waals surface area contributed by atoms with Crippen LogP contribution in [-0.4, -0.2) is 181 Å². The smallest absolute Gasteiger partial charge is 0.246 e. The van der Waals surface area contributed by atoms with E-state index in [9.17, 15) is 47.9 Å². The molecule has 0 bridgehead atoms. The zero-order chi connectivity index (χ0) is 61.2. The van der Waals surface area contributed by atoms with E-state index in [1.165, 1.54) is 19.6 Å². The molecular formula is C62H92N12O10. The Morgan fingerprint density at radius 1 is 0.500 bits per heavy atom. The molecule has 460 valence electrons. The van der Waals surface area contributed by atoms with Crippen molar-refractivity contribution in [1.82, 2.24) is 62.1 Å². The van der Waals surface area contributed by atoms with E-state index in [-0.39, 0.29) is 88.1 Å². The monoisotopic (exact) mass is 1160 g/mol. The van der Waals surface area contributed by atoms with Crippen LogP contribution in [0.3, 0.4) is 0 Å². The average Bonchev–Trinajstić information content (AvgIpc) is 2.10. The Morgan fingerprint density at radius 3 is 1.20 bits per heavy atom. The molecule has 2 aliphatic heterocycles. The summed E-state index contributed by atoms with van der Waals surface area (Å²) in [5.41, 5.74) is 2.85. The molecule has 8 atom stereocenters. The highest BCUT2D eigenvalue weighted by Gasteiger charge is 2.46. The molecule has 2 aromatic rings. The van der Waals surface area contributed by atoms with Crippen molar-refractivity contribution < 1.29 is 47.9 Å². The van der Waals surface area contributed by atoms with Crippen LogP contribution in [0.2, 0.25) is 0 Å². The predicted molar refractivity (Wildman–Crippen MR) is 316 cm³/mol. The number of aryl methyl sites for hydroxylation is 2. The number of nitrogens with one attached hydrogen (secondary N) is 8. The first-order valence-electron chi connectivity index (χ1n) is 30.2. The molecule has 8 N–H and O–H groups in total. The lowest BCUT2D eigenvalue weighted by molar-refractivity contribution is -0.152. The second-order valence-electron chi connectivity index (χ2n) is 25.7. The number of hydrogen-bond donors (Lipinski definition) is 8. The first-order valence-corrected chi connectivity index (χ1v) is 30.2. The van der Waals surface area contributed by atoms with Gasteiger partial charge in [-0.3, -0.25) is 47.9 Å². The van der Waals surface area contributed by atoms with Gasteiger partial charge in [-0.25, -0.2) is 0 Å². The molecule has 0 aromatic heterocycles. The highest BCUT2D eigenvalue weighted by atomic mass is 16.2. The van der Waals surface area contributed by atoms with E-state index in [2.05, 4.69) is 42.5 Å². The molecule has 5 aliphatic rings. The van der Waals surface area contributed by atoms with Crippen molar-refractivity contribution in [2.75, 3.05) is 66.5 Å². The molecule has 3 fully saturated rings. The van der Waals surface area contributed by atoms with Crippen molar-refractivity contribution in [3.63, 3.8) is 0 Å². The molecule has 1 saturated carbocycles. The number of hydrogen-bond acceptors (Lipinski definition) is 12. The summed E-state index contributed by atoms with van der Waals surface area (Å²) in [5.74, 6) is -4.95. The Morgan fingerprint density at radius 2 is 0.857 bits per heavy atom. The number of rotatable bonds is 18. The average molecular weight is 1170 g/mol. The van der Waals surface area contributed by atoms with Gasteiger partial charge in [-0.2, -0.15) is 0 Å². The van der Waals surface area contributed by atoms with Gasteiger partial charge in [0.2, 0.25) is 59.1 Å². The van der Waals surface area contributed by atoms with Gasteiger partial charge in [0.1, 0.15) is 24.2 Å². The topological polar surface area (TPSA) is 280 Å². The first-order chi connectivity index (χ1) is 39.8. The van der Waals surface area contributed by atoms with Crippen molar-refractivity contribution in [2.45, 2.75) is 168 Å². The summed E-state index contributed by atoms with van der Waals surface area (Å²) < 4.78 is 0. The zero-order valence-electron chi connectivity index (χ0n) is 51.0. The number of carbonyl (C=O) groups is 10. The summed E-state index contributed by atoms with van der Waals surface area (Å²) in [6.45, 7) is 13.7. The maximum Gasteiger partial charge on any atom is 0.246 e. The van der Waals surface area contributed by atoms with Gasteiger partial charge in [0.15, 0.2) is 0 Å². The Hall–Kier alpha value is -6.94. The van der Waals surface area contributed by atoms with E-state index in [4.69, 9.17) is 0 Å². The number of likely N-dealkylation sites (N-methyl/N-ethyl adjacent to an activating group) is 2. The van der Waals surface area contributed by atoms with Crippen molar-refractivity contribution in [1.29, 1.82) is 0 Å². The molecule has 2 aromatic carbocycles. The van der Waals surface area contributed by atoms with Crippen molar-refractivity contribution in [3.8, 4) is 0 Å². The van der Waals surface area contributed by atoms with Crippen LogP contribution in [0, 0.1) is 22.7 Å². The highest BCUT2D eigenvalue weighted by Crippen LogP contribution is 2.33. The third-order valence-electron chi connectivity index (χ3n) is 17.8. The van der Waals surface area contributed by atoms with Crippen LogP contribution in [0.4, 0.5) is 0 Å². The largest absolute Gasteiger partial charge is 0.347 e. The lowest BCUT2D eigenvalue weighted by Gasteiger charge is -2.44. The van der Waals surface area contributed by atoms with E-state index < -0.39 is 94.4 Å². The third-order valence-corrected chi connectivity index (χ3v) is 17.8. The van der Waals surface area contributed by atoms with Crippen LogP contribution < -0.4 is 42.5 Å². The van der Waals surface area contributed by atoms with Gasteiger partial charge < -0.3 is 62.1 Å². The molecule has 0 unspecified atom stereocenters. The summed E-state index contributed by atoms with van der Waals surface area (Å²) in [4.78, 5) is 145. The zero-order valence-corrected chi connectivity index (χ0v) is 51.0. The van der Waals surface area contributed by atoms with Gasteiger partial charge in [-0.05, 0) is 125 Å². The lowest BCUT2D eigenvalue weighted by atomic mass is 9.81. The second kappa shape index (κ2) is 28.3. The van der Waals surface area contributed by atoms with Crippen molar-refractivity contribution >= 4 is 59.1 Å². The van der Waals surface area contributed by atoms with Gasteiger partial charge in [-0.15, -0.1) is 0 Å². The van der Waals surface area contributed by atoms with Gasteiger partial charge in [-0.1, -0.05) is 90.1 Å². The first kappa shape index (κ1) is 64.6. The third kappa shape index (κ3) is 15.9. The van der Waals surface area contributed by atoms with Gasteiger partial charge in [0, 0.05) is 38.0 Å². The summed E-state index contributed by atoms with van der Waals surface area (Å²) in [6, 6.07) is 9.99. The summed E-state index contributed by atoms with van der Waals surface area (Å²) in [5, 5.41) is 23.6. The number of fused-ring (bicyclic) bond motifs is 2. The molecule has 7 rings (SSSR count). The lowest BCUT2D eigenvalue weighted by Crippen LogP contribution is -2.67.